The molecule has 1 aliphatic carbocycles. The highest BCUT2D eigenvalue weighted by molar-refractivity contribution is 6.08. The van der Waals surface area contributed by atoms with Crippen molar-refractivity contribution in [3.05, 3.63) is 29.3 Å². The fourth-order valence-corrected chi connectivity index (χ4v) is 3.49. The van der Waals surface area contributed by atoms with Gasteiger partial charge >= 0.3 is 12.0 Å². The second kappa shape index (κ2) is 6.74. The number of benzene rings is 1. The Balaban J connectivity index is 1.61. The predicted octanol–water partition coefficient (Wildman–Crippen LogP) is 1.91. The number of hydrogen-bond acceptors (Lipinski definition) is 5. The molecule has 1 saturated carbocycles. The molecule has 3 amide bonds. The quantitative estimate of drug-likeness (QED) is 0.650. The summed E-state index contributed by atoms with van der Waals surface area (Å²) >= 11 is 0. The van der Waals surface area contributed by atoms with E-state index in [9.17, 15) is 14.4 Å². The summed E-state index contributed by atoms with van der Waals surface area (Å²) in [6.07, 6.45) is 3.06. The largest absolute Gasteiger partial charge is 0.496 e. The number of aryl methyl sites for hydroxylation is 1. The molecule has 0 unspecified atom stereocenters. The van der Waals surface area contributed by atoms with Gasteiger partial charge in [0.15, 0.2) is 0 Å². The molecular formula is C18H22N2O5. The molecule has 134 valence electrons. The van der Waals surface area contributed by atoms with Crippen molar-refractivity contribution in [2.24, 2.45) is 0 Å². The Morgan fingerprint density at radius 1 is 1.28 bits per heavy atom. The van der Waals surface area contributed by atoms with Gasteiger partial charge in [0.25, 0.3) is 5.91 Å². The van der Waals surface area contributed by atoms with Gasteiger partial charge in [-0.2, -0.15) is 0 Å². The lowest BCUT2D eigenvalue weighted by atomic mass is 9.98. The molecule has 3 rings (SSSR count). The first-order chi connectivity index (χ1) is 11.9. The van der Waals surface area contributed by atoms with Crippen molar-refractivity contribution in [2.75, 3.05) is 13.7 Å². The minimum Gasteiger partial charge on any atom is -0.496 e. The van der Waals surface area contributed by atoms with Crippen LogP contribution in [-0.4, -0.2) is 42.0 Å². The molecule has 1 saturated heterocycles. The molecule has 0 atom stereocenters. The number of carbonyl (C=O) groups is 3. The number of rotatable bonds is 5. The van der Waals surface area contributed by atoms with E-state index in [-0.39, 0.29) is 19.1 Å². The lowest BCUT2D eigenvalue weighted by Gasteiger charge is -2.19. The first-order valence-corrected chi connectivity index (χ1v) is 8.38. The van der Waals surface area contributed by atoms with Crippen LogP contribution in [-0.2, 0) is 20.9 Å². The number of carbonyl (C=O) groups excluding carboxylic acids is 3. The van der Waals surface area contributed by atoms with E-state index in [1.54, 1.807) is 13.2 Å². The SMILES string of the molecule is COc1ccc(C)cc1COC(=O)CN1C(=O)NC2(CCCC2)C1=O. The molecule has 0 bridgehead atoms. The third-order valence-electron chi connectivity index (χ3n) is 4.81. The highest BCUT2D eigenvalue weighted by atomic mass is 16.5. The second-order valence-corrected chi connectivity index (χ2v) is 6.59. The Hall–Kier alpha value is -2.57. The molecule has 1 aromatic carbocycles. The number of esters is 1. The van der Waals surface area contributed by atoms with Crippen molar-refractivity contribution in [3.63, 3.8) is 0 Å². The number of hydrogen-bond donors (Lipinski definition) is 1. The van der Waals surface area contributed by atoms with Gasteiger partial charge in [0.1, 0.15) is 24.4 Å². The van der Waals surface area contributed by atoms with E-state index < -0.39 is 17.5 Å². The first kappa shape index (κ1) is 17.3. The fourth-order valence-electron chi connectivity index (χ4n) is 3.49. The number of methoxy groups -OCH3 is 1. The Labute approximate surface area is 146 Å². The summed E-state index contributed by atoms with van der Waals surface area (Å²) in [5.74, 6) is -0.319. The predicted molar refractivity (Wildman–Crippen MR) is 89.0 cm³/mol. The number of nitrogens with one attached hydrogen (secondary N) is 1. The van der Waals surface area contributed by atoms with Crippen LogP contribution in [0.5, 0.6) is 5.75 Å². The third-order valence-corrected chi connectivity index (χ3v) is 4.81. The lowest BCUT2D eigenvalue weighted by Crippen LogP contribution is -2.44. The van der Waals surface area contributed by atoms with Crippen LogP contribution < -0.4 is 10.1 Å². The summed E-state index contributed by atoms with van der Waals surface area (Å²) in [6.45, 7) is 1.58. The van der Waals surface area contributed by atoms with E-state index in [0.29, 0.717) is 18.6 Å². The van der Waals surface area contributed by atoms with Crippen molar-refractivity contribution in [3.8, 4) is 5.75 Å². The smallest absolute Gasteiger partial charge is 0.326 e. The van der Waals surface area contributed by atoms with E-state index in [2.05, 4.69) is 5.32 Å². The van der Waals surface area contributed by atoms with Crippen molar-refractivity contribution in [1.29, 1.82) is 0 Å². The maximum Gasteiger partial charge on any atom is 0.326 e. The number of imide groups is 1. The highest BCUT2D eigenvalue weighted by Crippen LogP contribution is 2.34. The van der Waals surface area contributed by atoms with E-state index in [4.69, 9.17) is 9.47 Å². The minimum atomic E-state index is -0.808. The van der Waals surface area contributed by atoms with Gasteiger partial charge in [-0.05, 0) is 31.9 Å². The molecule has 25 heavy (non-hydrogen) atoms. The molecule has 1 N–H and O–H groups in total. The molecule has 1 aliphatic heterocycles. The number of amides is 3. The standard InChI is InChI=1S/C18H22N2O5/c1-12-5-6-14(24-2)13(9-12)11-25-15(21)10-20-16(22)18(19-17(20)23)7-3-4-8-18/h5-6,9H,3-4,7-8,10-11H2,1-2H3,(H,19,23). The summed E-state index contributed by atoms with van der Waals surface area (Å²) < 4.78 is 10.5. The normalized spacial score (nSPS) is 18.6. The number of nitrogens with zero attached hydrogens (tertiary/aromatic N) is 1. The van der Waals surface area contributed by atoms with Gasteiger partial charge in [0.05, 0.1) is 7.11 Å². The molecule has 1 aromatic rings. The van der Waals surface area contributed by atoms with Crippen molar-refractivity contribution in [1.82, 2.24) is 10.2 Å². The summed E-state index contributed by atoms with van der Waals surface area (Å²) in [5.41, 5.74) is 0.946. The summed E-state index contributed by atoms with van der Waals surface area (Å²) in [5, 5.41) is 2.74. The maximum absolute atomic E-state index is 12.5. The van der Waals surface area contributed by atoms with Crippen LogP contribution in [0.15, 0.2) is 18.2 Å². The van der Waals surface area contributed by atoms with E-state index in [0.717, 1.165) is 28.9 Å². The van der Waals surface area contributed by atoms with Gasteiger partial charge in [-0.15, -0.1) is 0 Å². The Kier molecular flexibility index (Phi) is 4.65. The molecule has 2 aliphatic rings. The molecule has 0 radical (unpaired) electrons. The van der Waals surface area contributed by atoms with Crippen molar-refractivity contribution in [2.45, 2.75) is 44.8 Å². The van der Waals surface area contributed by atoms with Gasteiger partial charge in [-0.3, -0.25) is 14.5 Å². The molecule has 0 aromatic heterocycles. The van der Waals surface area contributed by atoms with Gasteiger partial charge in [0.2, 0.25) is 0 Å². The molecule has 1 heterocycles. The van der Waals surface area contributed by atoms with Crippen LogP contribution >= 0.6 is 0 Å². The number of ether oxygens (including phenoxy) is 2. The summed E-state index contributed by atoms with van der Waals surface area (Å²) in [6, 6.07) is 5.06. The topological polar surface area (TPSA) is 84.9 Å². The zero-order valence-corrected chi connectivity index (χ0v) is 14.5. The van der Waals surface area contributed by atoms with Crippen molar-refractivity contribution < 1.29 is 23.9 Å². The fraction of sp³-hybridized carbons (Fsp3) is 0.500. The Morgan fingerprint density at radius 3 is 2.68 bits per heavy atom. The molecule has 1 spiro atoms. The zero-order valence-electron chi connectivity index (χ0n) is 14.5. The molecule has 2 fully saturated rings. The summed E-state index contributed by atoms with van der Waals surface area (Å²) in [7, 11) is 1.55. The average Bonchev–Trinajstić information content (AvgIpc) is 3.14. The maximum atomic E-state index is 12.5. The van der Waals surface area contributed by atoms with Crippen LogP contribution in [0.1, 0.15) is 36.8 Å². The van der Waals surface area contributed by atoms with Gasteiger partial charge < -0.3 is 14.8 Å². The average molecular weight is 346 g/mol. The van der Waals surface area contributed by atoms with Crippen LogP contribution in [0.3, 0.4) is 0 Å². The summed E-state index contributed by atoms with van der Waals surface area (Å²) in [4.78, 5) is 37.7. The van der Waals surface area contributed by atoms with Crippen LogP contribution in [0.2, 0.25) is 0 Å². The molecular weight excluding hydrogens is 324 g/mol. The number of urea groups is 1. The zero-order chi connectivity index (χ0) is 18.0. The first-order valence-electron chi connectivity index (χ1n) is 8.38. The molecule has 7 heteroatoms. The van der Waals surface area contributed by atoms with Gasteiger partial charge in [-0.25, -0.2) is 4.79 Å². The van der Waals surface area contributed by atoms with E-state index in [1.165, 1.54) is 0 Å². The monoisotopic (exact) mass is 346 g/mol. The Bertz CT molecular complexity index is 709. The van der Waals surface area contributed by atoms with Crippen LogP contribution in [0.25, 0.3) is 0 Å². The van der Waals surface area contributed by atoms with Crippen molar-refractivity contribution >= 4 is 17.9 Å². The third kappa shape index (κ3) is 3.31. The second-order valence-electron chi connectivity index (χ2n) is 6.59. The van der Waals surface area contributed by atoms with Gasteiger partial charge in [0, 0.05) is 5.56 Å². The van der Waals surface area contributed by atoms with E-state index >= 15 is 0 Å². The van der Waals surface area contributed by atoms with Crippen LogP contribution in [0, 0.1) is 6.92 Å². The van der Waals surface area contributed by atoms with Crippen LogP contribution in [0.4, 0.5) is 4.79 Å². The van der Waals surface area contributed by atoms with E-state index in [1.807, 2.05) is 19.1 Å². The van der Waals surface area contributed by atoms with Gasteiger partial charge in [-0.1, -0.05) is 24.5 Å². The highest BCUT2D eigenvalue weighted by Gasteiger charge is 2.52. The minimum absolute atomic E-state index is 0.0263. The Morgan fingerprint density at radius 2 is 2.00 bits per heavy atom. The molecule has 7 nitrogen and oxygen atoms in total. The lowest BCUT2D eigenvalue weighted by molar-refractivity contribution is -0.148.